The van der Waals surface area contributed by atoms with Gasteiger partial charge in [0.2, 0.25) is 5.91 Å². The number of amides is 3. The van der Waals surface area contributed by atoms with Crippen molar-refractivity contribution < 1.29 is 19.1 Å². The van der Waals surface area contributed by atoms with Crippen molar-refractivity contribution in [2.75, 3.05) is 12.9 Å². The fourth-order valence-corrected chi connectivity index (χ4v) is 4.98. The first-order valence-corrected chi connectivity index (χ1v) is 10.2. The molecule has 0 spiro atoms. The van der Waals surface area contributed by atoms with Gasteiger partial charge < -0.3 is 20.7 Å². The number of benzene rings is 1. The molecule has 2 aliphatic heterocycles. The molecule has 2 heterocycles. The Morgan fingerprint density at radius 1 is 1.22 bits per heavy atom. The molecule has 27 heavy (non-hydrogen) atoms. The zero-order valence-electron chi connectivity index (χ0n) is 15.3. The van der Waals surface area contributed by atoms with E-state index in [1.54, 1.807) is 12.1 Å². The van der Waals surface area contributed by atoms with Gasteiger partial charge in [-0.05, 0) is 30.5 Å². The van der Waals surface area contributed by atoms with Gasteiger partial charge in [0.05, 0.1) is 24.8 Å². The Morgan fingerprint density at radius 2 is 2.00 bits per heavy atom. The van der Waals surface area contributed by atoms with E-state index >= 15 is 0 Å². The number of ether oxygens (including phenoxy) is 1. The van der Waals surface area contributed by atoms with Crippen LogP contribution in [-0.4, -0.2) is 48.1 Å². The largest absolute Gasteiger partial charge is 0.465 e. The summed E-state index contributed by atoms with van der Waals surface area (Å²) in [4.78, 5) is 34.8. The van der Waals surface area contributed by atoms with Crippen LogP contribution in [0.4, 0.5) is 4.79 Å². The molecule has 3 N–H and O–H groups in total. The summed E-state index contributed by atoms with van der Waals surface area (Å²) in [7, 11) is 1.35. The highest BCUT2D eigenvalue weighted by Crippen LogP contribution is 2.33. The van der Waals surface area contributed by atoms with Crippen LogP contribution in [0.5, 0.6) is 0 Å². The fourth-order valence-electron chi connectivity index (χ4n) is 3.44. The molecule has 7 nitrogen and oxygen atoms in total. The number of esters is 1. The SMILES string of the molecule is COC(=O)c1ccc(CNC(=O)CCCC[C@@H]2SC[C@@H]3NC(=O)N[C@@H]32)cc1. The number of carbonyl (C=O) groups is 3. The van der Waals surface area contributed by atoms with E-state index in [-0.39, 0.29) is 30.0 Å². The van der Waals surface area contributed by atoms with Gasteiger partial charge in [0.25, 0.3) is 0 Å². The molecule has 0 radical (unpaired) electrons. The van der Waals surface area contributed by atoms with Gasteiger partial charge in [0.1, 0.15) is 0 Å². The first-order valence-electron chi connectivity index (χ1n) is 9.19. The number of rotatable bonds is 8. The van der Waals surface area contributed by atoms with E-state index in [1.807, 2.05) is 23.9 Å². The number of thioether (sulfide) groups is 1. The van der Waals surface area contributed by atoms with E-state index in [4.69, 9.17) is 0 Å². The smallest absolute Gasteiger partial charge is 0.337 e. The first kappa shape index (κ1) is 19.5. The number of fused-ring (bicyclic) bond motifs is 1. The minimum atomic E-state index is -0.370. The van der Waals surface area contributed by atoms with E-state index in [0.717, 1.165) is 30.6 Å². The normalized spacial score (nSPS) is 23.3. The minimum Gasteiger partial charge on any atom is -0.465 e. The Bertz CT molecular complexity index is 695. The lowest BCUT2D eigenvalue weighted by Gasteiger charge is -2.16. The third-order valence-corrected chi connectivity index (χ3v) is 6.45. The molecule has 0 aromatic heterocycles. The van der Waals surface area contributed by atoms with E-state index in [0.29, 0.717) is 23.8 Å². The molecule has 0 aliphatic carbocycles. The van der Waals surface area contributed by atoms with E-state index in [1.165, 1.54) is 7.11 Å². The number of carbonyl (C=O) groups excluding carboxylic acids is 3. The molecule has 8 heteroatoms. The number of hydrogen-bond acceptors (Lipinski definition) is 5. The van der Waals surface area contributed by atoms with Crippen molar-refractivity contribution in [3.05, 3.63) is 35.4 Å². The molecular weight excluding hydrogens is 366 g/mol. The Morgan fingerprint density at radius 3 is 2.74 bits per heavy atom. The summed E-state index contributed by atoms with van der Waals surface area (Å²) >= 11 is 1.90. The van der Waals surface area contributed by atoms with Crippen LogP contribution in [0.3, 0.4) is 0 Å². The van der Waals surface area contributed by atoms with E-state index in [2.05, 4.69) is 20.7 Å². The van der Waals surface area contributed by atoms with Crippen molar-refractivity contribution in [2.24, 2.45) is 0 Å². The Hall–Kier alpha value is -2.22. The van der Waals surface area contributed by atoms with Crippen LogP contribution in [0.25, 0.3) is 0 Å². The highest BCUT2D eigenvalue weighted by Gasteiger charge is 2.42. The van der Waals surface area contributed by atoms with E-state index in [9.17, 15) is 14.4 Å². The summed E-state index contributed by atoms with van der Waals surface area (Å²) in [5.41, 5.74) is 1.43. The lowest BCUT2D eigenvalue weighted by Crippen LogP contribution is -2.36. The van der Waals surface area contributed by atoms with Gasteiger partial charge in [-0.2, -0.15) is 11.8 Å². The minimum absolute atomic E-state index is 0.0276. The quantitative estimate of drug-likeness (QED) is 0.357. The Labute approximate surface area is 163 Å². The van der Waals surface area contributed by atoms with Crippen LogP contribution >= 0.6 is 11.8 Å². The molecule has 3 amide bonds. The average molecular weight is 391 g/mol. The fraction of sp³-hybridized carbons (Fsp3) is 0.526. The Balaban J connectivity index is 1.31. The monoisotopic (exact) mass is 391 g/mol. The van der Waals surface area contributed by atoms with Gasteiger partial charge in [-0.3, -0.25) is 4.79 Å². The van der Waals surface area contributed by atoms with Crippen LogP contribution in [0.15, 0.2) is 24.3 Å². The third kappa shape index (κ3) is 5.15. The van der Waals surface area contributed by atoms with Crippen molar-refractivity contribution in [3.8, 4) is 0 Å². The zero-order chi connectivity index (χ0) is 19.2. The first-order chi connectivity index (χ1) is 13.1. The zero-order valence-corrected chi connectivity index (χ0v) is 16.1. The molecule has 0 saturated carbocycles. The van der Waals surface area contributed by atoms with Gasteiger partial charge in [0, 0.05) is 24.0 Å². The van der Waals surface area contributed by atoms with Crippen LogP contribution < -0.4 is 16.0 Å². The summed E-state index contributed by atoms with van der Waals surface area (Å²) < 4.78 is 4.66. The molecule has 3 rings (SSSR count). The second kappa shape index (κ2) is 9.12. The maximum atomic E-state index is 12.0. The van der Waals surface area contributed by atoms with E-state index < -0.39 is 0 Å². The van der Waals surface area contributed by atoms with Crippen molar-refractivity contribution >= 4 is 29.7 Å². The van der Waals surface area contributed by atoms with Crippen LogP contribution in [0.2, 0.25) is 0 Å². The molecule has 1 aromatic rings. The second-order valence-corrected chi connectivity index (χ2v) is 8.11. The summed E-state index contributed by atoms with van der Waals surface area (Å²) in [5, 5.41) is 9.27. The standard InChI is InChI=1S/C19H25N3O4S/c1-26-18(24)13-8-6-12(7-9-13)10-20-16(23)5-3-2-4-15-17-14(11-27-15)21-19(25)22-17/h6-9,14-15,17H,2-5,10-11H2,1H3,(H,20,23)(H2,21,22,25)/t14-,15-,17-/m0/s1. The summed E-state index contributed by atoms with van der Waals surface area (Å²) in [6, 6.07) is 7.42. The van der Waals surface area contributed by atoms with Crippen LogP contribution in [-0.2, 0) is 16.1 Å². The van der Waals surface area contributed by atoms with Crippen molar-refractivity contribution in [2.45, 2.75) is 49.6 Å². The molecule has 3 atom stereocenters. The molecule has 2 fully saturated rings. The van der Waals surface area contributed by atoms with Gasteiger partial charge in [-0.25, -0.2) is 9.59 Å². The maximum absolute atomic E-state index is 12.0. The van der Waals surface area contributed by atoms with Crippen molar-refractivity contribution in [1.82, 2.24) is 16.0 Å². The van der Waals surface area contributed by atoms with Gasteiger partial charge >= 0.3 is 12.0 Å². The topological polar surface area (TPSA) is 96.5 Å². The molecule has 0 unspecified atom stereocenters. The lowest BCUT2D eigenvalue weighted by molar-refractivity contribution is -0.121. The summed E-state index contributed by atoms with van der Waals surface area (Å²) in [6.45, 7) is 0.445. The number of nitrogens with one attached hydrogen (secondary N) is 3. The average Bonchev–Trinajstić information content (AvgIpc) is 3.22. The molecule has 146 valence electrons. The van der Waals surface area contributed by atoms with Gasteiger partial charge in [-0.15, -0.1) is 0 Å². The Kier molecular flexibility index (Phi) is 6.60. The van der Waals surface area contributed by atoms with Crippen molar-refractivity contribution in [1.29, 1.82) is 0 Å². The molecule has 2 aliphatic rings. The number of methoxy groups -OCH3 is 1. The predicted molar refractivity (Wildman–Crippen MR) is 104 cm³/mol. The van der Waals surface area contributed by atoms with Gasteiger partial charge in [-0.1, -0.05) is 18.6 Å². The highest BCUT2D eigenvalue weighted by molar-refractivity contribution is 8.00. The molecular formula is C19H25N3O4S. The predicted octanol–water partition coefficient (Wildman–Crippen LogP) is 1.82. The van der Waals surface area contributed by atoms with Crippen LogP contribution in [0.1, 0.15) is 41.6 Å². The van der Waals surface area contributed by atoms with Crippen LogP contribution in [0, 0.1) is 0 Å². The van der Waals surface area contributed by atoms with Crippen molar-refractivity contribution in [3.63, 3.8) is 0 Å². The molecule has 1 aromatic carbocycles. The maximum Gasteiger partial charge on any atom is 0.337 e. The van der Waals surface area contributed by atoms with Gasteiger partial charge in [0.15, 0.2) is 0 Å². The number of unbranched alkanes of at least 4 members (excludes halogenated alkanes) is 1. The molecule has 2 saturated heterocycles. The highest BCUT2D eigenvalue weighted by atomic mass is 32.2. The number of urea groups is 1. The number of hydrogen-bond donors (Lipinski definition) is 3. The third-order valence-electron chi connectivity index (χ3n) is 4.95. The summed E-state index contributed by atoms with van der Waals surface area (Å²) in [6.07, 6.45) is 3.31. The molecule has 0 bridgehead atoms. The summed E-state index contributed by atoms with van der Waals surface area (Å²) in [5.74, 6) is 0.619. The lowest BCUT2D eigenvalue weighted by atomic mass is 10.0. The second-order valence-electron chi connectivity index (χ2n) is 6.83.